The van der Waals surface area contributed by atoms with E-state index in [0.717, 1.165) is 30.9 Å². The van der Waals surface area contributed by atoms with Crippen LogP contribution in [-0.2, 0) is 13.6 Å². The van der Waals surface area contributed by atoms with Crippen LogP contribution in [0.3, 0.4) is 0 Å². The molecule has 0 unspecified atom stereocenters. The van der Waals surface area contributed by atoms with Gasteiger partial charge in [0.2, 0.25) is 0 Å². The summed E-state index contributed by atoms with van der Waals surface area (Å²) < 4.78 is 3.66. The van der Waals surface area contributed by atoms with Crippen molar-refractivity contribution in [2.45, 2.75) is 25.3 Å². The van der Waals surface area contributed by atoms with Gasteiger partial charge < -0.3 is 9.47 Å². The third-order valence-corrected chi connectivity index (χ3v) is 5.25. The lowest BCUT2D eigenvalue weighted by Crippen LogP contribution is -2.40. The Kier molecular flexibility index (Phi) is 4.94. The molecule has 1 saturated heterocycles. The molecule has 0 aromatic carbocycles. The van der Waals surface area contributed by atoms with E-state index < -0.39 is 0 Å². The van der Waals surface area contributed by atoms with E-state index in [9.17, 15) is 4.79 Å². The van der Waals surface area contributed by atoms with Crippen molar-refractivity contribution in [3.63, 3.8) is 0 Å². The smallest absolute Gasteiger partial charge is 0.273 e. The van der Waals surface area contributed by atoms with Crippen LogP contribution < -0.4 is 0 Å². The van der Waals surface area contributed by atoms with Gasteiger partial charge in [-0.3, -0.25) is 14.5 Å². The van der Waals surface area contributed by atoms with Crippen LogP contribution in [0.25, 0.3) is 0 Å². The number of rotatable bonds is 4. The maximum atomic E-state index is 12.9. The minimum Gasteiger partial charge on any atom is -0.337 e. The highest BCUT2D eigenvalue weighted by molar-refractivity contribution is 6.33. The lowest BCUT2D eigenvalue weighted by Gasteiger charge is -2.32. The second-order valence-corrected chi connectivity index (χ2v) is 7.20. The van der Waals surface area contributed by atoms with E-state index in [2.05, 4.69) is 19.6 Å². The Balaban J connectivity index is 1.52. The highest BCUT2D eigenvalue weighted by Crippen LogP contribution is 2.28. The van der Waals surface area contributed by atoms with Crippen molar-refractivity contribution in [3.05, 3.63) is 65.2 Å². The third-order valence-electron chi connectivity index (χ3n) is 4.98. The zero-order valence-electron chi connectivity index (χ0n) is 15.1. The number of amides is 1. The molecule has 0 N–H and O–H groups in total. The van der Waals surface area contributed by atoms with Crippen LogP contribution in [0.4, 0.5) is 0 Å². The van der Waals surface area contributed by atoms with E-state index in [0.29, 0.717) is 23.8 Å². The van der Waals surface area contributed by atoms with E-state index in [1.54, 1.807) is 13.2 Å². The summed E-state index contributed by atoms with van der Waals surface area (Å²) >= 11 is 6.16. The second kappa shape index (κ2) is 7.52. The quantitative estimate of drug-likeness (QED) is 0.693. The molecular formula is C19H21ClN6O. The van der Waals surface area contributed by atoms with Gasteiger partial charge in [-0.1, -0.05) is 17.7 Å². The normalized spacial score (nSPS) is 17.3. The molecule has 1 aliphatic rings. The number of halogens is 1. The lowest BCUT2D eigenvalue weighted by molar-refractivity contribution is 0.0692. The number of aromatic nitrogens is 5. The van der Waals surface area contributed by atoms with Gasteiger partial charge in [0.1, 0.15) is 11.5 Å². The molecular weight excluding hydrogens is 364 g/mol. The zero-order valence-corrected chi connectivity index (χ0v) is 15.9. The molecule has 0 radical (unpaired) electrons. The minimum absolute atomic E-state index is 0.0764. The van der Waals surface area contributed by atoms with E-state index in [1.165, 1.54) is 10.9 Å². The number of likely N-dealkylation sites (tertiary alicyclic amines) is 1. The van der Waals surface area contributed by atoms with Crippen LogP contribution in [0.1, 0.15) is 40.8 Å². The first-order chi connectivity index (χ1) is 13.1. The van der Waals surface area contributed by atoms with Gasteiger partial charge in [0.25, 0.3) is 5.91 Å². The van der Waals surface area contributed by atoms with Gasteiger partial charge in [-0.15, -0.1) is 0 Å². The maximum absolute atomic E-state index is 12.9. The molecule has 0 aliphatic carbocycles. The van der Waals surface area contributed by atoms with E-state index in [1.807, 2.05) is 35.5 Å². The van der Waals surface area contributed by atoms with E-state index in [4.69, 9.17) is 11.6 Å². The molecule has 1 aliphatic heterocycles. The van der Waals surface area contributed by atoms with Crippen molar-refractivity contribution in [3.8, 4) is 0 Å². The predicted molar refractivity (Wildman–Crippen MR) is 102 cm³/mol. The van der Waals surface area contributed by atoms with Gasteiger partial charge >= 0.3 is 0 Å². The van der Waals surface area contributed by atoms with Crippen LogP contribution in [0.15, 0.2) is 43.0 Å². The lowest BCUT2D eigenvalue weighted by atomic mass is 9.96. The molecule has 4 rings (SSSR count). The fraction of sp³-hybridized carbons (Fsp3) is 0.368. The molecule has 4 heterocycles. The fourth-order valence-corrected chi connectivity index (χ4v) is 3.90. The van der Waals surface area contributed by atoms with Gasteiger partial charge in [-0.25, -0.2) is 4.98 Å². The van der Waals surface area contributed by atoms with Crippen molar-refractivity contribution in [2.24, 2.45) is 7.05 Å². The Hall–Kier alpha value is -2.67. The third kappa shape index (κ3) is 3.60. The van der Waals surface area contributed by atoms with Gasteiger partial charge in [0.05, 0.1) is 23.5 Å². The van der Waals surface area contributed by atoms with Crippen LogP contribution in [0.2, 0.25) is 5.02 Å². The largest absolute Gasteiger partial charge is 0.337 e. The van der Waals surface area contributed by atoms with Crippen LogP contribution in [0, 0.1) is 0 Å². The molecule has 0 bridgehead atoms. The van der Waals surface area contributed by atoms with Crippen molar-refractivity contribution in [2.75, 3.05) is 13.1 Å². The van der Waals surface area contributed by atoms with Crippen LogP contribution in [-0.4, -0.2) is 48.2 Å². The van der Waals surface area contributed by atoms with Crippen molar-refractivity contribution < 1.29 is 4.79 Å². The number of nitrogens with zero attached hydrogens (tertiary/aromatic N) is 6. The molecule has 3 aromatic heterocycles. The fourth-order valence-electron chi connectivity index (χ4n) is 3.65. The molecule has 3 aromatic rings. The summed E-state index contributed by atoms with van der Waals surface area (Å²) in [4.78, 5) is 23.8. The highest BCUT2D eigenvalue weighted by Gasteiger charge is 2.30. The summed E-state index contributed by atoms with van der Waals surface area (Å²) in [5.41, 5.74) is 1.43. The second-order valence-electron chi connectivity index (χ2n) is 6.79. The molecule has 7 nitrogen and oxygen atoms in total. The number of hydrogen-bond donors (Lipinski definition) is 0. The molecule has 8 heteroatoms. The molecule has 1 amide bonds. The van der Waals surface area contributed by atoms with Gasteiger partial charge in [-0.05, 0) is 25.0 Å². The summed E-state index contributed by atoms with van der Waals surface area (Å²) in [6, 6.07) is 5.90. The summed E-state index contributed by atoms with van der Waals surface area (Å²) in [5, 5.41) is 4.47. The number of pyridine rings is 1. The molecule has 27 heavy (non-hydrogen) atoms. The maximum Gasteiger partial charge on any atom is 0.273 e. The topological polar surface area (TPSA) is 68.8 Å². The average molecular weight is 385 g/mol. The van der Waals surface area contributed by atoms with Crippen molar-refractivity contribution in [1.82, 2.24) is 29.2 Å². The van der Waals surface area contributed by atoms with Gasteiger partial charge in [0, 0.05) is 44.6 Å². The number of carbonyl (C=O) groups is 1. The molecule has 0 spiro atoms. The number of imidazole rings is 1. The Morgan fingerprint density at radius 2 is 2.19 bits per heavy atom. The average Bonchev–Trinajstić information content (AvgIpc) is 3.28. The number of aryl methyl sites for hydroxylation is 1. The predicted octanol–water partition coefficient (Wildman–Crippen LogP) is 2.73. The Labute approximate surface area is 162 Å². The van der Waals surface area contributed by atoms with Crippen molar-refractivity contribution >= 4 is 17.5 Å². The molecule has 140 valence electrons. The molecule has 1 fully saturated rings. The number of carbonyl (C=O) groups excluding carboxylic acids is 1. The summed E-state index contributed by atoms with van der Waals surface area (Å²) in [5.74, 6) is 1.11. The van der Waals surface area contributed by atoms with Gasteiger partial charge in [-0.2, -0.15) is 5.10 Å². The van der Waals surface area contributed by atoms with E-state index >= 15 is 0 Å². The van der Waals surface area contributed by atoms with Crippen LogP contribution >= 0.6 is 11.6 Å². The standard InChI is InChI=1S/C19H21ClN6O/c1-24-17(16(20)11-23-24)19(27)26-9-4-5-14(12-26)18-22-8-10-25(18)13-15-6-2-3-7-21-15/h2-3,6-8,10-11,14H,4-5,9,12-13H2,1H3/t14-/m0/s1. The van der Waals surface area contributed by atoms with Gasteiger partial charge in [0.15, 0.2) is 0 Å². The Morgan fingerprint density at radius 3 is 2.93 bits per heavy atom. The Bertz CT molecular complexity index is 915. The summed E-state index contributed by atoms with van der Waals surface area (Å²) in [6.07, 6.45) is 9.03. The zero-order chi connectivity index (χ0) is 18.8. The van der Waals surface area contributed by atoms with E-state index in [-0.39, 0.29) is 11.8 Å². The monoisotopic (exact) mass is 384 g/mol. The molecule has 1 atom stereocenters. The highest BCUT2D eigenvalue weighted by atomic mass is 35.5. The van der Waals surface area contributed by atoms with Crippen molar-refractivity contribution in [1.29, 1.82) is 0 Å². The summed E-state index contributed by atoms with van der Waals surface area (Å²) in [7, 11) is 1.74. The first-order valence-electron chi connectivity index (χ1n) is 9.01. The van der Waals surface area contributed by atoms with Crippen LogP contribution in [0.5, 0.6) is 0 Å². The molecule has 0 saturated carbocycles. The first-order valence-corrected chi connectivity index (χ1v) is 9.39. The number of hydrogen-bond acceptors (Lipinski definition) is 4. The Morgan fingerprint density at radius 1 is 1.30 bits per heavy atom. The number of piperidine rings is 1. The SMILES string of the molecule is Cn1ncc(Cl)c1C(=O)N1CCC[C@H](c2nccn2Cc2ccccn2)C1. The first kappa shape index (κ1) is 17.7. The minimum atomic E-state index is -0.0764. The summed E-state index contributed by atoms with van der Waals surface area (Å²) in [6.45, 7) is 2.02.